The lowest BCUT2D eigenvalue weighted by atomic mass is 9.79. The van der Waals surface area contributed by atoms with Crippen LogP contribution in [0.2, 0.25) is 0 Å². The summed E-state index contributed by atoms with van der Waals surface area (Å²) in [5, 5.41) is 0. The largest absolute Gasteiger partial charge is 0.494 e. The molecule has 1 aromatic rings. The number of sulfonamides is 1. The summed E-state index contributed by atoms with van der Waals surface area (Å²) >= 11 is 0. The SMILES string of the molecule is CC(C)(C)NS(=O)(=O)c1ccc(B2OC(C)(C)C(C)(C)O2)cc1OC(F)F. The van der Waals surface area contributed by atoms with Gasteiger partial charge in [0.25, 0.3) is 0 Å². The number of alkyl halides is 2. The summed E-state index contributed by atoms with van der Waals surface area (Å²) in [5.74, 6) is -0.464. The average molecular weight is 405 g/mol. The first-order valence-electron chi connectivity index (χ1n) is 8.52. The van der Waals surface area contributed by atoms with Crippen LogP contribution < -0.4 is 14.9 Å². The monoisotopic (exact) mass is 405 g/mol. The smallest absolute Gasteiger partial charge is 0.433 e. The maximum Gasteiger partial charge on any atom is 0.494 e. The number of hydrogen-bond acceptors (Lipinski definition) is 5. The van der Waals surface area contributed by atoms with E-state index in [4.69, 9.17) is 9.31 Å². The van der Waals surface area contributed by atoms with Crippen LogP contribution in [0, 0.1) is 0 Å². The molecule has 0 atom stereocenters. The second-order valence-corrected chi connectivity index (χ2v) is 10.2. The minimum atomic E-state index is -4.07. The highest BCUT2D eigenvalue weighted by atomic mass is 32.2. The Morgan fingerprint density at radius 1 is 1.11 bits per heavy atom. The Hall–Kier alpha value is -1.23. The van der Waals surface area contributed by atoms with Crippen molar-refractivity contribution in [2.75, 3.05) is 0 Å². The van der Waals surface area contributed by atoms with E-state index in [0.29, 0.717) is 5.46 Å². The predicted octanol–water partition coefficient (Wildman–Crippen LogP) is 2.66. The zero-order chi connectivity index (χ0) is 20.8. The molecule has 27 heavy (non-hydrogen) atoms. The van der Waals surface area contributed by atoms with Crippen molar-refractivity contribution in [1.82, 2.24) is 4.72 Å². The number of halogens is 2. The molecule has 0 aliphatic carbocycles. The van der Waals surface area contributed by atoms with E-state index in [-0.39, 0.29) is 4.90 Å². The van der Waals surface area contributed by atoms with Crippen LogP contribution in [0.25, 0.3) is 0 Å². The number of nitrogens with one attached hydrogen (secondary N) is 1. The van der Waals surface area contributed by atoms with Gasteiger partial charge < -0.3 is 14.0 Å². The van der Waals surface area contributed by atoms with Crippen LogP contribution in [0.5, 0.6) is 5.75 Å². The van der Waals surface area contributed by atoms with Gasteiger partial charge in [0, 0.05) is 5.54 Å². The molecule has 0 unspecified atom stereocenters. The highest BCUT2D eigenvalue weighted by molar-refractivity contribution is 7.89. The standard InChI is InChI=1S/C17H26BF2NO5S/c1-15(2,3)21-27(22,23)13-9-8-11(10-12(13)24-14(19)20)18-25-16(4,5)17(6,7)26-18/h8-10,14,21H,1-7H3. The quantitative estimate of drug-likeness (QED) is 0.763. The maximum atomic E-state index is 12.9. The van der Waals surface area contributed by atoms with Gasteiger partial charge in [0.2, 0.25) is 10.0 Å². The molecule has 6 nitrogen and oxygen atoms in total. The van der Waals surface area contributed by atoms with E-state index in [2.05, 4.69) is 9.46 Å². The van der Waals surface area contributed by atoms with E-state index in [1.807, 2.05) is 27.7 Å². The van der Waals surface area contributed by atoms with E-state index < -0.39 is 46.2 Å². The Bertz CT molecular complexity index is 790. The van der Waals surface area contributed by atoms with Crippen molar-refractivity contribution in [3.8, 4) is 5.75 Å². The number of rotatable bonds is 5. The number of hydrogen-bond donors (Lipinski definition) is 1. The van der Waals surface area contributed by atoms with Gasteiger partial charge in [-0.2, -0.15) is 8.78 Å². The van der Waals surface area contributed by atoms with Gasteiger partial charge in [-0.3, -0.25) is 0 Å². The van der Waals surface area contributed by atoms with Gasteiger partial charge in [-0.05, 0) is 66.1 Å². The summed E-state index contributed by atoms with van der Waals surface area (Å²) in [4.78, 5) is -0.377. The van der Waals surface area contributed by atoms with Gasteiger partial charge in [-0.1, -0.05) is 6.07 Å². The summed E-state index contributed by atoms with van der Waals surface area (Å²) in [5.41, 5.74) is -1.65. The van der Waals surface area contributed by atoms with E-state index in [1.54, 1.807) is 20.8 Å². The molecule has 0 radical (unpaired) electrons. The Balaban J connectivity index is 2.46. The predicted molar refractivity (Wildman–Crippen MR) is 98.9 cm³/mol. The van der Waals surface area contributed by atoms with E-state index >= 15 is 0 Å². The summed E-state index contributed by atoms with van der Waals surface area (Å²) < 4.78 is 69.6. The van der Waals surface area contributed by atoms with Crippen molar-refractivity contribution in [2.45, 2.75) is 76.7 Å². The minimum absolute atomic E-state index is 0.377. The van der Waals surface area contributed by atoms with Crippen LogP contribution in [0.3, 0.4) is 0 Å². The summed E-state index contributed by atoms with van der Waals surface area (Å²) in [7, 11) is -4.90. The Morgan fingerprint density at radius 3 is 2.07 bits per heavy atom. The first-order chi connectivity index (χ1) is 12.0. The molecule has 1 aliphatic rings. The molecule has 1 saturated heterocycles. The molecule has 0 amide bonds. The van der Waals surface area contributed by atoms with Gasteiger partial charge >= 0.3 is 13.7 Å². The summed E-state index contributed by atoms with van der Waals surface area (Å²) in [6.07, 6.45) is 0. The molecule has 1 fully saturated rings. The first kappa shape index (κ1) is 22.1. The lowest BCUT2D eigenvalue weighted by Gasteiger charge is -2.32. The van der Waals surface area contributed by atoms with Crippen LogP contribution in [-0.4, -0.2) is 38.9 Å². The van der Waals surface area contributed by atoms with Crippen molar-refractivity contribution < 1.29 is 31.2 Å². The van der Waals surface area contributed by atoms with Crippen LogP contribution >= 0.6 is 0 Å². The van der Waals surface area contributed by atoms with Gasteiger partial charge in [0.05, 0.1) is 11.2 Å². The molecule has 1 heterocycles. The van der Waals surface area contributed by atoms with E-state index in [1.165, 1.54) is 18.2 Å². The van der Waals surface area contributed by atoms with Crippen molar-refractivity contribution in [2.24, 2.45) is 0 Å². The van der Waals surface area contributed by atoms with Crippen LogP contribution in [-0.2, 0) is 19.3 Å². The zero-order valence-electron chi connectivity index (χ0n) is 16.6. The topological polar surface area (TPSA) is 73.9 Å². The molecule has 152 valence electrons. The molecular formula is C17H26BF2NO5S. The fourth-order valence-corrected chi connectivity index (χ4v) is 4.05. The third kappa shape index (κ3) is 4.98. The highest BCUT2D eigenvalue weighted by Crippen LogP contribution is 2.37. The third-order valence-corrected chi connectivity index (χ3v) is 6.24. The fourth-order valence-electron chi connectivity index (χ4n) is 2.52. The van der Waals surface area contributed by atoms with Gasteiger partial charge in [0.15, 0.2) is 0 Å². The second kappa shape index (κ2) is 6.99. The molecule has 0 aromatic heterocycles. The Labute approximate surface area is 159 Å². The molecule has 1 aliphatic heterocycles. The molecule has 0 bridgehead atoms. The van der Waals surface area contributed by atoms with Crippen LogP contribution in [0.15, 0.2) is 23.1 Å². The van der Waals surface area contributed by atoms with Crippen molar-refractivity contribution in [3.63, 3.8) is 0 Å². The van der Waals surface area contributed by atoms with Crippen LogP contribution in [0.4, 0.5) is 8.78 Å². The zero-order valence-corrected chi connectivity index (χ0v) is 17.4. The summed E-state index contributed by atoms with van der Waals surface area (Å²) in [6.45, 7) is 9.20. The van der Waals surface area contributed by atoms with Crippen LogP contribution in [0.1, 0.15) is 48.5 Å². The molecule has 1 N–H and O–H groups in total. The molecule has 1 aromatic carbocycles. The first-order valence-corrected chi connectivity index (χ1v) is 10.0. The number of benzene rings is 1. The Kier molecular flexibility index (Phi) is 5.71. The Morgan fingerprint density at radius 2 is 1.63 bits per heavy atom. The van der Waals surface area contributed by atoms with Crippen molar-refractivity contribution in [1.29, 1.82) is 0 Å². The van der Waals surface area contributed by atoms with Crippen molar-refractivity contribution in [3.05, 3.63) is 18.2 Å². The second-order valence-electron chi connectivity index (χ2n) is 8.53. The molecular weight excluding hydrogens is 379 g/mol. The van der Waals surface area contributed by atoms with Gasteiger partial charge in [0.1, 0.15) is 10.6 Å². The third-order valence-electron chi connectivity index (χ3n) is 4.44. The average Bonchev–Trinajstić information content (AvgIpc) is 2.63. The minimum Gasteiger partial charge on any atom is -0.433 e. The fraction of sp³-hybridized carbons (Fsp3) is 0.647. The lowest BCUT2D eigenvalue weighted by Crippen LogP contribution is -2.41. The maximum absolute atomic E-state index is 12.9. The van der Waals surface area contributed by atoms with Gasteiger partial charge in [-0.25, -0.2) is 13.1 Å². The molecule has 0 spiro atoms. The molecule has 10 heteroatoms. The molecule has 0 saturated carbocycles. The van der Waals surface area contributed by atoms with E-state index in [9.17, 15) is 17.2 Å². The molecule has 2 rings (SSSR count). The normalized spacial score (nSPS) is 19.6. The summed E-state index contributed by atoms with van der Waals surface area (Å²) in [6, 6.07) is 3.90. The lowest BCUT2D eigenvalue weighted by molar-refractivity contribution is -0.0517. The van der Waals surface area contributed by atoms with E-state index in [0.717, 1.165) is 0 Å². The van der Waals surface area contributed by atoms with Crippen molar-refractivity contribution >= 4 is 22.6 Å². The highest BCUT2D eigenvalue weighted by Gasteiger charge is 2.52. The number of ether oxygens (including phenoxy) is 1. The van der Waals surface area contributed by atoms with Gasteiger partial charge in [-0.15, -0.1) is 0 Å².